The maximum atomic E-state index is 5.28. The molecule has 1 aromatic heterocycles. The Labute approximate surface area is 308 Å². The van der Waals surface area contributed by atoms with Crippen molar-refractivity contribution in [3.63, 3.8) is 0 Å². The number of hydrogen-bond acceptors (Lipinski definition) is 3. The summed E-state index contributed by atoms with van der Waals surface area (Å²) in [7, 11) is 0. The molecule has 2 aliphatic carbocycles. The van der Waals surface area contributed by atoms with Crippen LogP contribution in [0.5, 0.6) is 0 Å². The summed E-state index contributed by atoms with van der Waals surface area (Å²) in [5.41, 5.74) is 15.2. The predicted octanol–water partition coefficient (Wildman–Crippen LogP) is 12.0. The summed E-state index contributed by atoms with van der Waals surface area (Å²) >= 11 is 0. The third kappa shape index (κ3) is 4.25. The van der Waals surface area contributed by atoms with Crippen LogP contribution in [0, 0.1) is 0 Å². The molecule has 8 aromatic carbocycles. The van der Waals surface area contributed by atoms with Crippen LogP contribution in [0.1, 0.15) is 22.3 Å². The highest BCUT2D eigenvalue weighted by Crippen LogP contribution is 2.64. The van der Waals surface area contributed by atoms with E-state index in [0.29, 0.717) is 17.5 Å². The molecule has 0 N–H and O–H groups in total. The average molecular weight is 674 g/mol. The van der Waals surface area contributed by atoms with Gasteiger partial charge in [0.25, 0.3) is 0 Å². The summed E-state index contributed by atoms with van der Waals surface area (Å²) in [5.74, 6) is 1.95. The first-order valence-electron chi connectivity index (χ1n) is 18.1. The largest absolute Gasteiger partial charge is 0.208 e. The van der Waals surface area contributed by atoms with Crippen molar-refractivity contribution in [2.75, 3.05) is 0 Å². The molecule has 1 spiro atoms. The van der Waals surface area contributed by atoms with E-state index >= 15 is 0 Å². The minimum absolute atomic E-state index is 0.417. The minimum Gasteiger partial charge on any atom is -0.208 e. The van der Waals surface area contributed by atoms with Crippen molar-refractivity contribution in [2.24, 2.45) is 0 Å². The van der Waals surface area contributed by atoms with Crippen LogP contribution in [0.15, 0.2) is 188 Å². The fourth-order valence-electron chi connectivity index (χ4n) is 9.03. The topological polar surface area (TPSA) is 38.7 Å². The zero-order chi connectivity index (χ0) is 34.9. The van der Waals surface area contributed by atoms with Gasteiger partial charge in [-0.2, -0.15) is 0 Å². The molecule has 53 heavy (non-hydrogen) atoms. The molecule has 3 heteroatoms. The fourth-order valence-corrected chi connectivity index (χ4v) is 9.03. The first-order chi connectivity index (χ1) is 26.3. The number of fused-ring (bicyclic) bond motifs is 11. The molecule has 1 heterocycles. The van der Waals surface area contributed by atoms with Gasteiger partial charge in [0.05, 0.1) is 5.41 Å². The van der Waals surface area contributed by atoms with Crippen LogP contribution in [0.25, 0.3) is 78.3 Å². The molecule has 0 saturated heterocycles. The van der Waals surface area contributed by atoms with E-state index in [2.05, 4.69) is 170 Å². The predicted molar refractivity (Wildman–Crippen MR) is 215 cm³/mol. The lowest BCUT2D eigenvalue weighted by atomic mass is 9.70. The van der Waals surface area contributed by atoms with Crippen molar-refractivity contribution >= 4 is 10.8 Å². The highest BCUT2D eigenvalue weighted by Gasteiger charge is 2.52. The van der Waals surface area contributed by atoms with E-state index < -0.39 is 5.41 Å². The molecule has 0 amide bonds. The first kappa shape index (κ1) is 29.7. The monoisotopic (exact) mass is 673 g/mol. The number of hydrogen-bond donors (Lipinski definition) is 0. The Kier molecular flexibility index (Phi) is 6.47. The van der Waals surface area contributed by atoms with Crippen molar-refractivity contribution in [1.29, 1.82) is 0 Å². The molecule has 0 atom stereocenters. The summed E-state index contributed by atoms with van der Waals surface area (Å²) in [4.78, 5) is 15.6. The van der Waals surface area contributed by atoms with E-state index in [0.717, 1.165) is 38.6 Å². The van der Waals surface area contributed by atoms with Gasteiger partial charge in [-0.1, -0.05) is 188 Å². The molecule has 2 aliphatic rings. The zero-order valence-corrected chi connectivity index (χ0v) is 28.7. The van der Waals surface area contributed by atoms with Crippen LogP contribution in [0.2, 0.25) is 0 Å². The molecule has 0 radical (unpaired) electrons. The molecule has 11 rings (SSSR count). The lowest BCUT2D eigenvalue weighted by Crippen LogP contribution is -2.25. The second-order valence-electron chi connectivity index (χ2n) is 13.9. The lowest BCUT2D eigenvalue weighted by Gasteiger charge is -2.30. The highest BCUT2D eigenvalue weighted by molar-refractivity contribution is 6.02. The third-order valence-corrected chi connectivity index (χ3v) is 11.2. The molecule has 246 valence electrons. The summed E-state index contributed by atoms with van der Waals surface area (Å²) in [5, 5.41) is 2.26. The lowest BCUT2D eigenvalue weighted by molar-refractivity contribution is 0.794. The third-order valence-electron chi connectivity index (χ3n) is 11.2. The van der Waals surface area contributed by atoms with Gasteiger partial charge in [-0.3, -0.25) is 0 Å². The van der Waals surface area contributed by atoms with Crippen molar-refractivity contribution in [3.8, 4) is 67.5 Å². The maximum absolute atomic E-state index is 5.28. The van der Waals surface area contributed by atoms with E-state index in [9.17, 15) is 0 Å². The van der Waals surface area contributed by atoms with E-state index in [1.165, 1.54) is 44.5 Å². The number of benzene rings is 8. The van der Waals surface area contributed by atoms with Crippen molar-refractivity contribution in [2.45, 2.75) is 5.41 Å². The number of nitrogens with zero attached hydrogens (tertiary/aromatic N) is 3. The Hall–Kier alpha value is -6.97. The van der Waals surface area contributed by atoms with Crippen molar-refractivity contribution in [1.82, 2.24) is 15.0 Å². The summed E-state index contributed by atoms with van der Waals surface area (Å²) < 4.78 is 0. The van der Waals surface area contributed by atoms with Crippen LogP contribution in [-0.2, 0) is 5.41 Å². The Bertz CT molecular complexity index is 2860. The van der Waals surface area contributed by atoms with Crippen LogP contribution >= 0.6 is 0 Å². The molecule has 0 bridgehead atoms. The highest BCUT2D eigenvalue weighted by atomic mass is 15.0. The van der Waals surface area contributed by atoms with E-state index in [1.807, 2.05) is 18.2 Å². The van der Waals surface area contributed by atoms with Gasteiger partial charge < -0.3 is 0 Å². The molecule has 3 nitrogen and oxygen atoms in total. The zero-order valence-electron chi connectivity index (χ0n) is 28.7. The van der Waals surface area contributed by atoms with Gasteiger partial charge >= 0.3 is 0 Å². The van der Waals surface area contributed by atoms with E-state index in [4.69, 9.17) is 15.0 Å². The molecule has 0 fully saturated rings. The fraction of sp³-hybridized carbons (Fsp3) is 0.0200. The Morgan fingerprint density at radius 3 is 1.47 bits per heavy atom. The molecule has 0 aliphatic heterocycles. The average Bonchev–Trinajstić information content (AvgIpc) is 3.71. The van der Waals surface area contributed by atoms with Crippen LogP contribution in [0.4, 0.5) is 0 Å². The molecular formula is C50H31N3. The quantitative estimate of drug-likeness (QED) is 0.187. The van der Waals surface area contributed by atoms with Crippen molar-refractivity contribution < 1.29 is 0 Å². The van der Waals surface area contributed by atoms with Gasteiger partial charge in [0.2, 0.25) is 0 Å². The summed E-state index contributed by atoms with van der Waals surface area (Å²) in [6, 6.07) is 67.3. The van der Waals surface area contributed by atoms with Gasteiger partial charge in [0.15, 0.2) is 17.5 Å². The summed E-state index contributed by atoms with van der Waals surface area (Å²) in [6.45, 7) is 0. The van der Waals surface area contributed by atoms with Gasteiger partial charge in [-0.25, -0.2) is 15.0 Å². The van der Waals surface area contributed by atoms with Crippen LogP contribution < -0.4 is 0 Å². The number of rotatable bonds is 4. The first-order valence-corrected chi connectivity index (χ1v) is 18.1. The van der Waals surface area contributed by atoms with Crippen molar-refractivity contribution in [3.05, 3.63) is 210 Å². The van der Waals surface area contributed by atoms with Gasteiger partial charge in [-0.05, 0) is 66.4 Å². The normalized spacial score (nSPS) is 13.1. The second-order valence-corrected chi connectivity index (χ2v) is 13.9. The SMILES string of the molecule is c1ccc(-c2nc(-c3ccccc3-c3cccc4c3-c3ccccc3C43c4ccccc4-c4ccccc43)nc(-c3cccc4ccccc34)n2)cc1. The second kappa shape index (κ2) is 11.5. The molecule has 9 aromatic rings. The van der Waals surface area contributed by atoms with Crippen LogP contribution in [-0.4, -0.2) is 15.0 Å². The minimum atomic E-state index is -0.417. The van der Waals surface area contributed by atoms with Crippen LogP contribution in [0.3, 0.4) is 0 Å². The smallest absolute Gasteiger partial charge is 0.164 e. The van der Waals surface area contributed by atoms with E-state index in [-0.39, 0.29) is 0 Å². The summed E-state index contributed by atoms with van der Waals surface area (Å²) in [6.07, 6.45) is 0. The van der Waals surface area contributed by atoms with Gasteiger partial charge in [-0.15, -0.1) is 0 Å². The van der Waals surface area contributed by atoms with Gasteiger partial charge in [0, 0.05) is 16.7 Å². The van der Waals surface area contributed by atoms with E-state index in [1.54, 1.807) is 0 Å². The molecular weight excluding hydrogens is 643 g/mol. The maximum Gasteiger partial charge on any atom is 0.164 e. The number of aromatic nitrogens is 3. The van der Waals surface area contributed by atoms with Gasteiger partial charge in [0.1, 0.15) is 0 Å². The molecule has 0 unspecified atom stereocenters. The standard InChI is InChI=1S/C50H31N3/c1-2-17-33(18-3-1)47-51-48(39-27-14-19-32-16-4-5-20-34(32)39)53-49(52-47)40-24-7-6-21-35(40)38-26-15-31-45-46(38)41-25-10-13-30-44(41)50(45)42-28-11-8-22-36(42)37-23-9-12-29-43(37)50/h1-31H. The Morgan fingerprint density at radius 1 is 0.283 bits per heavy atom. The Morgan fingerprint density at radius 2 is 0.736 bits per heavy atom. The Balaban J connectivity index is 1.18. The molecule has 0 saturated carbocycles.